The number of halogens is 1. The number of benzene rings is 1. The Balaban J connectivity index is 0.00000320. The maximum Gasteiger partial charge on any atom is 0.191 e. The van der Waals surface area contributed by atoms with Crippen molar-refractivity contribution in [3.05, 3.63) is 53.9 Å². The van der Waals surface area contributed by atoms with Gasteiger partial charge in [0, 0.05) is 38.7 Å². The summed E-state index contributed by atoms with van der Waals surface area (Å²) in [6.45, 7) is 7.48. The van der Waals surface area contributed by atoms with Crippen LogP contribution in [0.1, 0.15) is 37.3 Å². The number of hydrogen-bond acceptors (Lipinski definition) is 4. The van der Waals surface area contributed by atoms with Gasteiger partial charge in [0.2, 0.25) is 0 Å². The van der Waals surface area contributed by atoms with Crippen molar-refractivity contribution in [3.8, 4) is 0 Å². The molecule has 2 heterocycles. The lowest BCUT2D eigenvalue weighted by Gasteiger charge is -2.13. The standard InChI is InChI=1S/C22H33N5O2.HI/c1-2-23-22(24-10-6-13-28-18-21-9-4-14-29-21)25-16-19-7-3-8-20(15-19)17-27-12-5-11-26-27;/h3,5,7-8,11-12,15,21H,2,4,6,9-10,13-14,16-18H2,1H3,(H2,23,24,25);1H. The van der Waals surface area contributed by atoms with E-state index in [4.69, 9.17) is 14.5 Å². The summed E-state index contributed by atoms with van der Waals surface area (Å²) >= 11 is 0. The Morgan fingerprint density at radius 3 is 2.97 bits per heavy atom. The Morgan fingerprint density at radius 2 is 2.20 bits per heavy atom. The first-order valence-corrected chi connectivity index (χ1v) is 10.6. The maximum absolute atomic E-state index is 5.71. The van der Waals surface area contributed by atoms with Crippen LogP contribution in [0, 0.1) is 0 Å². The second kappa shape index (κ2) is 14.4. The SMILES string of the molecule is CCNC(=NCc1cccc(Cn2cccn2)c1)NCCCOCC1CCCO1.I. The van der Waals surface area contributed by atoms with Gasteiger partial charge in [-0.25, -0.2) is 4.99 Å². The lowest BCUT2D eigenvalue weighted by Crippen LogP contribution is -2.38. The van der Waals surface area contributed by atoms with Crippen LogP contribution in [0.4, 0.5) is 0 Å². The van der Waals surface area contributed by atoms with Gasteiger partial charge in [0.1, 0.15) is 0 Å². The summed E-state index contributed by atoms with van der Waals surface area (Å²) in [6.07, 6.45) is 7.30. The molecule has 0 bridgehead atoms. The van der Waals surface area contributed by atoms with E-state index in [0.717, 1.165) is 58.1 Å². The minimum Gasteiger partial charge on any atom is -0.379 e. The molecule has 1 saturated heterocycles. The minimum absolute atomic E-state index is 0. The molecule has 2 aromatic rings. The molecule has 0 radical (unpaired) electrons. The van der Waals surface area contributed by atoms with E-state index in [2.05, 4.69) is 46.9 Å². The number of ether oxygens (including phenoxy) is 2. The molecule has 1 aliphatic heterocycles. The molecular weight excluding hydrogens is 493 g/mol. The fourth-order valence-corrected chi connectivity index (χ4v) is 3.29. The van der Waals surface area contributed by atoms with E-state index < -0.39 is 0 Å². The van der Waals surface area contributed by atoms with E-state index in [9.17, 15) is 0 Å². The van der Waals surface area contributed by atoms with Crippen molar-refractivity contribution in [3.63, 3.8) is 0 Å². The van der Waals surface area contributed by atoms with Crippen LogP contribution >= 0.6 is 24.0 Å². The molecule has 0 spiro atoms. The zero-order valence-electron chi connectivity index (χ0n) is 17.8. The van der Waals surface area contributed by atoms with Crippen molar-refractivity contribution >= 4 is 29.9 Å². The molecule has 1 fully saturated rings. The Bertz CT molecular complexity index is 733. The average Bonchev–Trinajstić information content (AvgIpc) is 3.43. The van der Waals surface area contributed by atoms with Crippen molar-refractivity contribution in [2.75, 3.05) is 32.9 Å². The van der Waals surface area contributed by atoms with Crippen molar-refractivity contribution < 1.29 is 9.47 Å². The molecule has 0 amide bonds. The first-order valence-electron chi connectivity index (χ1n) is 10.6. The monoisotopic (exact) mass is 527 g/mol. The Kier molecular flexibility index (Phi) is 11.8. The van der Waals surface area contributed by atoms with Gasteiger partial charge in [-0.2, -0.15) is 5.10 Å². The Hall–Kier alpha value is -1.65. The molecule has 0 saturated carbocycles. The smallest absolute Gasteiger partial charge is 0.191 e. The quantitative estimate of drug-likeness (QED) is 0.203. The number of guanidine groups is 1. The highest BCUT2D eigenvalue weighted by molar-refractivity contribution is 14.0. The first kappa shape index (κ1) is 24.6. The fourth-order valence-electron chi connectivity index (χ4n) is 3.29. The van der Waals surface area contributed by atoms with Crippen LogP contribution in [0.15, 0.2) is 47.7 Å². The maximum atomic E-state index is 5.71. The van der Waals surface area contributed by atoms with E-state index in [1.807, 2.05) is 16.9 Å². The molecule has 30 heavy (non-hydrogen) atoms. The van der Waals surface area contributed by atoms with Gasteiger partial charge in [-0.3, -0.25) is 4.68 Å². The molecular formula is C22H34IN5O2. The van der Waals surface area contributed by atoms with E-state index in [0.29, 0.717) is 19.3 Å². The summed E-state index contributed by atoms with van der Waals surface area (Å²) in [5, 5.41) is 11.0. The molecule has 0 aliphatic carbocycles. The highest BCUT2D eigenvalue weighted by Gasteiger charge is 2.14. The number of nitrogens with one attached hydrogen (secondary N) is 2. The van der Waals surface area contributed by atoms with E-state index in [-0.39, 0.29) is 24.0 Å². The van der Waals surface area contributed by atoms with E-state index in [1.54, 1.807) is 6.20 Å². The van der Waals surface area contributed by atoms with Gasteiger partial charge in [0.15, 0.2) is 5.96 Å². The first-order chi connectivity index (χ1) is 14.3. The molecule has 3 rings (SSSR count). The van der Waals surface area contributed by atoms with E-state index >= 15 is 0 Å². The molecule has 1 aromatic heterocycles. The summed E-state index contributed by atoms with van der Waals surface area (Å²) in [4.78, 5) is 4.71. The number of aromatic nitrogens is 2. The lowest BCUT2D eigenvalue weighted by atomic mass is 10.1. The molecule has 8 heteroatoms. The van der Waals surface area contributed by atoms with Gasteiger partial charge < -0.3 is 20.1 Å². The summed E-state index contributed by atoms with van der Waals surface area (Å²) in [5.74, 6) is 0.837. The van der Waals surface area contributed by atoms with Crippen LogP contribution in [0.2, 0.25) is 0 Å². The molecule has 1 aliphatic rings. The second-order valence-corrected chi connectivity index (χ2v) is 7.21. The lowest BCUT2D eigenvalue weighted by molar-refractivity contribution is 0.0168. The highest BCUT2D eigenvalue weighted by atomic mass is 127. The van der Waals surface area contributed by atoms with Crippen LogP contribution in [0.5, 0.6) is 0 Å². The van der Waals surface area contributed by atoms with Gasteiger partial charge in [0.25, 0.3) is 0 Å². The molecule has 1 aromatic carbocycles. The third-order valence-corrected chi connectivity index (χ3v) is 4.74. The third-order valence-electron chi connectivity index (χ3n) is 4.74. The van der Waals surface area contributed by atoms with Crippen molar-refractivity contribution in [2.45, 2.75) is 45.4 Å². The van der Waals surface area contributed by atoms with Gasteiger partial charge in [-0.15, -0.1) is 24.0 Å². The number of aliphatic imine (C=N–C) groups is 1. The molecule has 1 atom stereocenters. The number of hydrogen-bond donors (Lipinski definition) is 2. The topological polar surface area (TPSA) is 72.7 Å². The zero-order valence-corrected chi connectivity index (χ0v) is 20.1. The minimum atomic E-state index is 0. The van der Waals surface area contributed by atoms with Crippen LogP contribution in [0.3, 0.4) is 0 Å². The number of rotatable bonds is 11. The van der Waals surface area contributed by atoms with Crippen LogP contribution in [-0.2, 0) is 22.6 Å². The van der Waals surface area contributed by atoms with Crippen LogP contribution in [-0.4, -0.2) is 54.8 Å². The molecule has 166 valence electrons. The van der Waals surface area contributed by atoms with E-state index in [1.165, 1.54) is 11.1 Å². The molecule has 7 nitrogen and oxygen atoms in total. The van der Waals surface area contributed by atoms with Gasteiger partial charge in [0.05, 0.1) is 25.8 Å². The molecule has 2 N–H and O–H groups in total. The van der Waals surface area contributed by atoms with Crippen LogP contribution < -0.4 is 10.6 Å². The molecule has 1 unspecified atom stereocenters. The van der Waals surface area contributed by atoms with Gasteiger partial charge in [-0.1, -0.05) is 24.3 Å². The predicted molar refractivity (Wildman–Crippen MR) is 130 cm³/mol. The summed E-state index contributed by atoms with van der Waals surface area (Å²) in [7, 11) is 0. The fraction of sp³-hybridized carbons (Fsp3) is 0.545. The van der Waals surface area contributed by atoms with Gasteiger partial charge >= 0.3 is 0 Å². The van der Waals surface area contributed by atoms with Crippen molar-refractivity contribution in [2.24, 2.45) is 4.99 Å². The highest BCUT2D eigenvalue weighted by Crippen LogP contribution is 2.12. The Labute approximate surface area is 196 Å². The van der Waals surface area contributed by atoms with Crippen LogP contribution in [0.25, 0.3) is 0 Å². The predicted octanol–water partition coefficient (Wildman–Crippen LogP) is 3.19. The number of nitrogens with zero attached hydrogens (tertiary/aromatic N) is 3. The van der Waals surface area contributed by atoms with Crippen molar-refractivity contribution in [1.82, 2.24) is 20.4 Å². The van der Waals surface area contributed by atoms with Gasteiger partial charge in [-0.05, 0) is 43.4 Å². The summed E-state index contributed by atoms with van der Waals surface area (Å²) in [6, 6.07) is 10.4. The zero-order chi connectivity index (χ0) is 20.2. The summed E-state index contributed by atoms with van der Waals surface area (Å²) in [5.41, 5.74) is 2.41. The summed E-state index contributed by atoms with van der Waals surface area (Å²) < 4.78 is 13.2. The van der Waals surface area contributed by atoms with Crippen molar-refractivity contribution in [1.29, 1.82) is 0 Å². The third kappa shape index (κ3) is 9.01. The average molecular weight is 527 g/mol. The second-order valence-electron chi connectivity index (χ2n) is 7.21. The Morgan fingerprint density at radius 1 is 1.30 bits per heavy atom. The normalized spacial score (nSPS) is 16.3. The largest absolute Gasteiger partial charge is 0.379 e.